The summed E-state index contributed by atoms with van der Waals surface area (Å²) in [5, 5.41) is 9.81. The van der Waals surface area contributed by atoms with Crippen LogP contribution in [0.15, 0.2) is 48.7 Å². The van der Waals surface area contributed by atoms with Gasteiger partial charge in [-0.1, -0.05) is 35.3 Å². The quantitative estimate of drug-likeness (QED) is 0.660. The van der Waals surface area contributed by atoms with E-state index in [1.165, 1.54) is 6.21 Å². The lowest BCUT2D eigenvalue weighted by Gasteiger charge is -2.07. The summed E-state index contributed by atoms with van der Waals surface area (Å²) in [5.41, 5.74) is 3.08. The van der Waals surface area contributed by atoms with E-state index in [0.717, 1.165) is 22.0 Å². The van der Waals surface area contributed by atoms with Crippen molar-refractivity contribution in [2.45, 2.75) is 6.54 Å². The fourth-order valence-electron chi connectivity index (χ4n) is 2.41. The topological polar surface area (TPSA) is 28.8 Å². The molecule has 0 saturated heterocycles. The third kappa shape index (κ3) is 2.45. The SMILES string of the molecule is N=Cc1cccc2c1ccn2Cc1cc(Cl)cc(Cl)c1. The number of fused-ring (bicyclic) bond motifs is 1. The summed E-state index contributed by atoms with van der Waals surface area (Å²) >= 11 is 12.1. The van der Waals surface area contributed by atoms with Crippen LogP contribution in [0.4, 0.5) is 0 Å². The van der Waals surface area contributed by atoms with Crippen molar-refractivity contribution in [3.8, 4) is 0 Å². The Morgan fingerprint density at radius 2 is 1.80 bits per heavy atom. The van der Waals surface area contributed by atoms with Crippen molar-refractivity contribution in [2.75, 3.05) is 0 Å². The van der Waals surface area contributed by atoms with E-state index in [1.54, 1.807) is 6.07 Å². The van der Waals surface area contributed by atoms with Gasteiger partial charge in [0.05, 0.1) is 0 Å². The minimum atomic E-state index is 0.643. The molecule has 0 aliphatic rings. The zero-order chi connectivity index (χ0) is 14.1. The fourth-order valence-corrected chi connectivity index (χ4v) is 2.98. The molecule has 2 aromatic carbocycles. The van der Waals surface area contributed by atoms with Crippen molar-refractivity contribution >= 4 is 40.3 Å². The number of halogens is 2. The standard InChI is InChI=1S/C16H12Cl2N2/c17-13-6-11(7-14(18)8-13)10-20-5-4-15-12(9-19)2-1-3-16(15)20/h1-9,19H,10H2. The molecule has 0 atom stereocenters. The molecule has 0 amide bonds. The van der Waals surface area contributed by atoms with Gasteiger partial charge in [-0.3, -0.25) is 0 Å². The number of hydrogen-bond acceptors (Lipinski definition) is 1. The van der Waals surface area contributed by atoms with E-state index in [0.29, 0.717) is 16.6 Å². The molecule has 1 heterocycles. The van der Waals surface area contributed by atoms with E-state index in [-0.39, 0.29) is 0 Å². The van der Waals surface area contributed by atoms with Crippen molar-refractivity contribution in [1.82, 2.24) is 4.57 Å². The zero-order valence-electron chi connectivity index (χ0n) is 10.6. The maximum absolute atomic E-state index is 7.44. The molecule has 0 radical (unpaired) electrons. The predicted molar refractivity (Wildman–Crippen MR) is 85.4 cm³/mol. The predicted octanol–water partition coefficient (Wildman–Crippen LogP) is 4.99. The number of hydrogen-bond donors (Lipinski definition) is 1. The van der Waals surface area contributed by atoms with Crippen molar-refractivity contribution < 1.29 is 0 Å². The highest BCUT2D eigenvalue weighted by molar-refractivity contribution is 6.34. The Labute approximate surface area is 127 Å². The molecule has 0 aliphatic carbocycles. The van der Waals surface area contributed by atoms with E-state index in [9.17, 15) is 0 Å². The van der Waals surface area contributed by atoms with Gasteiger partial charge in [-0.05, 0) is 35.9 Å². The zero-order valence-corrected chi connectivity index (χ0v) is 12.1. The average molecular weight is 303 g/mol. The van der Waals surface area contributed by atoms with Crippen molar-refractivity contribution in [2.24, 2.45) is 0 Å². The molecule has 1 N–H and O–H groups in total. The number of nitrogens with one attached hydrogen (secondary N) is 1. The van der Waals surface area contributed by atoms with E-state index < -0.39 is 0 Å². The first-order valence-corrected chi connectivity index (χ1v) is 6.96. The summed E-state index contributed by atoms with van der Waals surface area (Å²) in [7, 11) is 0. The fraction of sp³-hybridized carbons (Fsp3) is 0.0625. The lowest BCUT2D eigenvalue weighted by Crippen LogP contribution is -1.98. The minimum Gasteiger partial charge on any atom is -0.343 e. The second-order valence-electron chi connectivity index (χ2n) is 4.65. The Balaban J connectivity index is 2.05. The Morgan fingerprint density at radius 3 is 2.50 bits per heavy atom. The molecule has 3 aromatic rings. The third-order valence-electron chi connectivity index (χ3n) is 3.28. The van der Waals surface area contributed by atoms with Gasteiger partial charge in [0, 0.05) is 45.5 Å². The first kappa shape index (κ1) is 13.2. The number of nitrogens with zero attached hydrogens (tertiary/aromatic N) is 1. The van der Waals surface area contributed by atoms with Gasteiger partial charge >= 0.3 is 0 Å². The van der Waals surface area contributed by atoms with Crippen molar-refractivity contribution in [3.05, 3.63) is 69.8 Å². The molecule has 2 nitrogen and oxygen atoms in total. The van der Waals surface area contributed by atoms with Gasteiger partial charge in [0.2, 0.25) is 0 Å². The Kier molecular flexibility index (Phi) is 3.51. The molecule has 0 bridgehead atoms. The molecule has 20 heavy (non-hydrogen) atoms. The van der Waals surface area contributed by atoms with Gasteiger partial charge in [0.25, 0.3) is 0 Å². The van der Waals surface area contributed by atoms with Crippen LogP contribution >= 0.6 is 23.2 Å². The second kappa shape index (κ2) is 5.31. The van der Waals surface area contributed by atoms with E-state index >= 15 is 0 Å². The molecular weight excluding hydrogens is 291 g/mol. The molecule has 1 aromatic heterocycles. The highest BCUT2D eigenvalue weighted by atomic mass is 35.5. The maximum atomic E-state index is 7.44. The monoisotopic (exact) mass is 302 g/mol. The molecule has 3 rings (SSSR count). The summed E-state index contributed by atoms with van der Waals surface area (Å²) in [6, 6.07) is 13.5. The normalized spacial score (nSPS) is 10.9. The minimum absolute atomic E-state index is 0.643. The maximum Gasteiger partial charge on any atom is 0.0490 e. The summed E-state index contributed by atoms with van der Waals surface area (Å²) < 4.78 is 2.13. The highest BCUT2D eigenvalue weighted by Crippen LogP contribution is 2.23. The highest BCUT2D eigenvalue weighted by Gasteiger charge is 2.05. The number of benzene rings is 2. The lowest BCUT2D eigenvalue weighted by atomic mass is 10.1. The van der Waals surface area contributed by atoms with Crippen LogP contribution in [0, 0.1) is 5.41 Å². The molecule has 0 aliphatic heterocycles. The van der Waals surface area contributed by atoms with E-state index in [4.69, 9.17) is 28.6 Å². The third-order valence-corrected chi connectivity index (χ3v) is 3.71. The Morgan fingerprint density at radius 1 is 1.05 bits per heavy atom. The van der Waals surface area contributed by atoms with Gasteiger partial charge in [-0.15, -0.1) is 0 Å². The first-order valence-electron chi connectivity index (χ1n) is 6.20. The van der Waals surface area contributed by atoms with E-state index in [1.807, 2.05) is 36.5 Å². The van der Waals surface area contributed by atoms with Crippen LogP contribution in [0.3, 0.4) is 0 Å². The lowest BCUT2D eigenvalue weighted by molar-refractivity contribution is 0.837. The Bertz CT molecular complexity index is 770. The van der Waals surface area contributed by atoms with Gasteiger partial charge in [0.15, 0.2) is 0 Å². The second-order valence-corrected chi connectivity index (χ2v) is 5.52. The molecule has 100 valence electrons. The number of rotatable bonds is 3. The van der Waals surface area contributed by atoms with Gasteiger partial charge < -0.3 is 9.98 Å². The number of aromatic nitrogens is 1. The van der Waals surface area contributed by atoms with Crippen LogP contribution in [-0.2, 0) is 6.54 Å². The van der Waals surface area contributed by atoms with Gasteiger partial charge in [-0.2, -0.15) is 0 Å². The molecular formula is C16H12Cl2N2. The summed E-state index contributed by atoms with van der Waals surface area (Å²) in [5.74, 6) is 0. The summed E-state index contributed by atoms with van der Waals surface area (Å²) in [4.78, 5) is 0. The van der Waals surface area contributed by atoms with Crippen LogP contribution in [-0.4, -0.2) is 10.8 Å². The smallest absolute Gasteiger partial charge is 0.0490 e. The van der Waals surface area contributed by atoms with Crippen molar-refractivity contribution in [3.63, 3.8) is 0 Å². The molecule has 0 saturated carbocycles. The largest absolute Gasteiger partial charge is 0.343 e. The first-order chi connectivity index (χ1) is 9.67. The van der Waals surface area contributed by atoms with Gasteiger partial charge in [-0.25, -0.2) is 0 Å². The van der Waals surface area contributed by atoms with Crippen LogP contribution in [0.2, 0.25) is 10.0 Å². The Hall–Kier alpha value is -1.77. The van der Waals surface area contributed by atoms with Crippen LogP contribution in [0.5, 0.6) is 0 Å². The molecule has 0 fully saturated rings. The molecule has 0 unspecified atom stereocenters. The van der Waals surface area contributed by atoms with Gasteiger partial charge in [0.1, 0.15) is 0 Å². The van der Waals surface area contributed by atoms with Crippen molar-refractivity contribution in [1.29, 1.82) is 5.41 Å². The summed E-state index contributed by atoms with van der Waals surface area (Å²) in [6.45, 7) is 0.700. The van der Waals surface area contributed by atoms with Crippen LogP contribution in [0.1, 0.15) is 11.1 Å². The van der Waals surface area contributed by atoms with Crippen LogP contribution < -0.4 is 0 Å². The van der Waals surface area contributed by atoms with E-state index in [2.05, 4.69) is 10.6 Å². The van der Waals surface area contributed by atoms with Crippen LogP contribution in [0.25, 0.3) is 10.9 Å². The summed E-state index contributed by atoms with van der Waals surface area (Å²) in [6.07, 6.45) is 3.40. The average Bonchev–Trinajstić information content (AvgIpc) is 2.81. The molecule has 0 spiro atoms. The molecule has 4 heteroatoms.